The zero-order valence-corrected chi connectivity index (χ0v) is 23.1. The van der Waals surface area contributed by atoms with E-state index in [0.717, 1.165) is 49.2 Å². The summed E-state index contributed by atoms with van der Waals surface area (Å²) in [6, 6.07) is 20.6. The minimum Gasteiger partial charge on any atom is -0.406 e. The second-order valence-electron chi connectivity index (χ2n) is 10.2. The van der Waals surface area contributed by atoms with Crippen LogP contribution in [0.15, 0.2) is 82.1 Å². The van der Waals surface area contributed by atoms with Crippen molar-refractivity contribution in [3.63, 3.8) is 0 Å². The molecule has 10 heteroatoms. The van der Waals surface area contributed by atoms with Gasteiger partial charge in [-0.3, -0.25) is 0 Å². The number of benzene rings is 3. The maximum atomic E-state index is 14.2. The summed E-state index contributed by atoms with van der Waals surface area (Å²) in [5.41, 5.74) is 4.55. The van der Waals surface area contributed by atoms with E-state index in [4.69, 9.17) is 0 Å². The molecule has 1 aliphatic heterocycles. The molecule has 1 unspecified atom stereocenters. The average Bonchev–Trinajstić information content (AvgIpc) is 3.10. The molecular formula is C30H34F3N3O3S. The molecule has 3 aromatic rings. The number of hydrogen-bond acceptors (Lipinski definition) is 5. The number of nitrogens with one attached hydrogen (secondary N) is 1. The summed E-state index contributed by atoms with van der Waals surface area (Å²) in [4.78, 5) is 2.49. The van der Waals surface area contributed by atoms with E-state index in [-0.39, 0.29) is 10.9 Å². The molecule has 2 N–H and O–H groups in total. The first-order chi connectivity index (χ1) is 19.2. The number of aliphatic hydroxyl groups excluding tert-OH is 1. The van der Waals surface area contributed by atoms with Crippen LogP contribution >= 0.6 is 0 Å². The van der Waals surface area contributed by atoms with E-state index in [1.165, 1.54) is 23.3 Å². The number of halogens is 3. The molecule has 0 amide bonds. The highest BCUT2D eigenvalue weighted by molar-refractivity contribution is 7.91. The summed E-state index contributed by atoms with van der Waals surface area (Å²) in [5, 5.41) is 11.8. The molecule has 0 spiro atoms. The van der Waals surface area contributed by atoms with Crippen molar-refractivity contribution in [3.05, 3.63) is 83.9 Å². The van der Waals surface area contributed by atoms with Gasteiger partial charge in [0.05, 0.1) is 17.0 Å². The Bertz CT molecular complexity index is 1390. The molecule has 0 radical (unpaired) electrons. The number of aryl methyl sites for hydroxylation is 2. The largest absolute Gasteiger partial charge is 0.573 e. The summed E-state index contributed by atoms with van der Waals surface area (Å²) in [6.45, 7) is 2.20. The number of ether oxygens (including phenoxy) is 1. The Balaban J connectivity index is 1.46. The number of nitrogens with zero attached hydrogens (tertiary/aromatic N) is 2. The Labute approximate surface area is 233 Å². The lowest BCUT2D eigenvalue weighted by atomic mass is 9.86. The highest BCUT2D eigenvalue weighted by atomic mass is 32.2. The Morgan fingerprint density at radius 1 is 0.975 bits per heavy atom. The Kier molecular flexibility index (Phi) is 8.39. The predicted molar refractivity (Wildman–Crippen MR) is 150 cm³/mol. The van der Waals surface area contributed by atoms with Crippen molar-refractivity contribution in [1.82, 2.24) is 4.72 Å². The second kappa shape index (κ2) is 11.8. The van der Waals surface area contributed by atoms with Crippen molar-refractivity contribution in [2.75, 3.05) is 11.4 Å². The van der Waals surface area contributed by atoms with Crippen LogP contribution in [0.2, 0.25) is 0 Å². The first kappa shape index (κ1) is 28.4. The molecule has 40 heavy (non-hydrogen) atoms. The second-order valence-corrected chi connectivity index (χ2v) is 12.3. The van der Waals surface area contributed by atoms with Crippen LogP contribution in [0.4, 0.5) is 24.5 Å². The van der Waals surface area contributed by atoms with E-state index in [0.29, 0.717) is 19.4 Å². The maximum absolute atomic E-state index is 14.2. The summed E-state index contributed by atoms with van der Waals surface area (Å²) in [6.07, 6.45) is -1.13. The molecule has 6 nitrogen and oxygen atoms in total. The highest BCUT2D eigenvalue weighted by Crippen LogP contribution is 2.41. The molecule has 214 valence electrons. The lowest BCUT2D eigenvalue weighted by molar-refractivity contribution is -0.274. The zero-order valence-electron chi connectivity index (χ0n) is 22.3. The summed E-state index contributed by atoms with van der Waals surface area (Å²) < 4.78 is 63.8. The van der Waals surface area contributed by atoms with Gasteiger partial charge in [-0.1, -0.05) is 43.3 Å². The normalized spacial score (nSPS) is 22.4. The minimum atomic E-state index is -4.82. The Morgan fingerprint density at radius 3 is 2.15 bits per heavy atom. The molecule has 0 bridgehead atoms. The third kappa shape index (κ3) is 6.14. The number of alkyl halides is 3. The molecule has 3 aromatic carbocycles. The van der Waals surface area contributed by atoms with E-state index in [2.05, 4.69) is 43.0 Å². The third-order valence-corrected chi connectivity index (χ3v) is 9.58. The first-order valence-corrected chi connectivity index (χ1v) is 15.2. The maximum Gasteiger partial charge on any atom is 0.573 e. The van der Waals surface area contributed by atoms with Crippen molar-refractivity contribution in [1.29, 1.82) is 0 Å². The Hall–Kier alpha value is -3.08. The SMILES string of the molecule is CCCN=S(=O)(N[C@@H]1CCC[C@H](N2c3ccccc3CCc3ccccc32)[C@@H]1O)c1ccc(OC(F)(F)F)cc1. The predicted octanol–water partition coefficient (Wildman–Crippen LogP) is 6.55. The highest BCUT2D eigenvalue weighted by Gasteiger charge is 2.39. The summed E-state index contributed by atoms with van der Waals surface area (Å²) >= 11 is 0. The molecule has 0 aromatic heterocycles. The Morgan fingerprint density at radius 2 is 1.57 bits per heavy atom. The van der Waals surface area contributed by atoms with Crippen LogP contribution in [0.25, 0.3) is 0 Å². The van der Waals surface area contributed by atoms with Gasteiger partial charge in [0.15, 0.2) is 0 Å². The fourth-order valence-electron chi connectivity index (χ4n) is 5.67. The molecule has 1 saturated carbocycles. The standard InChI is InChI=1S/C30H34F3N3O3S/c1-2-20-34-40(38,24-18-16-23(17-19-24)39-30(31,32)33)35-25-10-7-13-28(29(25)37)36-26-11-5-3-8-21(26)14-15-22-9-4-6-12-27(22)36/h3-6,8-9,11-12,16-19,25,28-29,37H,2,7,10,13-15,20H2,1H3,(H,34,35,38)/t25-,28+,29-,40?/m1/s1. The van der Waals surface area contributed by atoms with Crippen LogP contribution in [0, 0.1) is 0 Å². The molecule has 0 saturated heterocycles. The van der Waals surface area contributed by atoms with Gasteiger partial charge in [0.1, 0.15) is 15.7 Å². The topological polar surface area (TPSA) is 74.2 Å². The van der Waals surface area contributed by atoms with Gasteiger partial charge < -0.3 is 14.7 Å². The number of para-hydroxylation sites is 2. The van der Waals surface area contributed by atoms with Gasteiger partial charge in [0.2, 0.25) is 0 Å². The zero-order chi connectivity index (χ0) is 28.3. The average molecular weight is 574 g/mol. The van der Waals surface area contributed by atoms with Gasteiger partial charge in [-0.15, -0.1) is 13.2 Å². The van der Waals surface area contributed by atoms with Gasteiger partial charge in [-0.25, -0.2) is 13.3 Å². The van der Waals surface area contributed by atoms with Crippen LogP contribution in [0.3, 0.4) is 0 Å². The van der Waals surface area contributed by atoms with Crippen LogP contribution in [0.1, 0.15) is 43.7 Å². The molecule has 4 atom stereocenters. The van der Waals surface area contributed by atoms with Crippen LogP contribution < -0.4 is 14.4 Å². The van der Waals surface area contributed by atoms with Gasteiger partial charge in [0, 0.05) is 24.0 Å². The molecule has 1 fully saturated rings. The molecule has 5 rings (SSSR count). The third-order valence-electron chi connectivity index (χ3n) is 7.50. The number of fused-ring (bicyclic) bond motifs is 2. The first-order valence-electron chi connectivity index (χ1n) is 13.7. The van der Waals surface area contributed by atoms with E-state index < -0.39 is 34.2 Å². The van der Waals surface area contributed by atoms with Crippen molar-refractivity contribution >= 4 is 21.3 Å². The lowest BCUT2D eigenvalue weighted by Crippen LogP contribution is -2.55. The van der Waals surface area contributed by atoms with Crippen LogP contribution in [-0.2, 0) is 22.8 Å². The van der Waals surface area contributed by atoms with Gasteiger partial charge in [0.25, 0.3) is 0 Å². The lowest BCUT2D eigenvalue weighted by Gasteiger charge is -2.43. The molecule has 1 heterocycles. The van der Waals surface area contributed by atoms with E-state index in [1.807, 2.05) is 31.2 Å². The summed E-state index contributed by atoms with van der Waals surface area (Å²) in [5.74, 6) is -0.398. The van der Waals surface area contributed by atoms with Gasteiger partial charge in [-0.2, -0.15) is 0 Å². The molecule has 2 aliphatic rings. The number of rotatable bonds is 7. The molecular weight excluding hydrogens is 539 g/mol. The number of hydrogen-bond donors (Lipinski definition) is 2. The van der Waals surface area contributed by atoms with Crippen molar-refractivity contribution in [3.8, 4) is 5.75 Å². The fraction of sp³-hybridized carbons (Fsp3) is 0.400. The van der Waals surface area contributed by atoms with Crippen LogP contribution in [-0.4, -0.2) is 40.4 Å². The van der Waals surface area contributed by atoms with Crippen molar-refractivity contribution < 1.29 is 27.2 Å². The van der Waals surface area contributed by atoms with Gasteiger partial charge in [-0.05, 0) is 86.1 Å². The summed E-state index contributed by atoms with van der Waals surface area (Å²) in [7, 11) is -3.25. The van der Waals surface area contributed by atoms with Crippen molar-refractivity contribution in [2.45, 2.75) is 74.9 Å². The quantitative estimate of drug-likeness (QED) is 0.336. The van der Waals surface area contributed by atoms with Crippen molar-refractivity contribution in [2.24, 2.45) is 4.36 Å². The number of aliphatic hydroxyl groups is 1. The van der Waals surface area contributed by atoms with Gasteiger partial charge >= 0.3 is 6.36 Å². The smallest absolute Gasteiger partial charge is 0.406 e. The monoisotopic (exact) mass is 573 g/mol. The minimum absolute atomic E-state index is 0.246. The fourth-order valence-corrected chi connectivity index (χ4v) is 7.64. The number of anilines is 2. The van der Waals surface area contributed by atoms with E-state index >= 15 is 0 Å². The molecule has 1 aliphatic carbocycles. The van der Waals surface area contributed by atoms with E-state index in [1.54, 1.807) is 0 Å². The van der Waals surface area contributed by atoms with E-state index in [9.17, 15) is 22.5 Å². The van der Waals surface area contributed by atoms with Crippen LogP contribution in [0.5, 0.6) is 5.75 Å².